The van der Waals surface area contributed by atoms with Crippen molar-refractivity contribution in [3.63, 3.8) is 0 Å². The zero-order chi connectivity index (χ0) is 14.6. The van der Waals surface area contributed by atoms with Crippen LogP contribution in [0, 0.1) is 5.92 Å². The molecule has 0 unspecified atom stereocenters. The van der Waals surface area contributed by atoms with Crippen molar-refractivity contribution >= 4 is 21.8 Å². The molecule has 0 aliphatic carbocycles. The van der Waals surface area contributed by atoms with Gasteiger partial charge < -0.3 is 0 Å². The van der Waals surface area contributed by atoms with Gasteiger partial charge in [0.2, 0.25) is 10.0 Å². The second-order valence-corrected chi connectivity index (χ2v) is 8.48. The smallest absolute Gasteiger partial charge is 0.212 e. The molecule has 5 heteroatoms. The Kier molecular flexibility index (Phi) is 5.52. The number of rotatable bonds is 6. The highest BCUT2D eigenvalue weighted by Gasteiger charge is 2.32. The van der Waals surface area contributed by atoms with Crippen molar-refractivity contribution in [2.45, 2.75) is 19.3 Å². The summed E-state index contributed by atoms with van der Waals surface area (Å²) in [7, 11) is -3.13. The number of sulfonamides is 1. The van der Waals surface area contributed by atoms with Gasteiger partial charge in [-0.1, -0.05) is 37.3 Å². The van der Waals surface area contributed by atoms with Crippen molar-refractivity contribution < 1.29 is 8.42 Å². The van der Waals surface area contributed by atoms with Crippen LogP contribution >= 0.6 is 11.8 Å². The van der Waals surface area contributed by atoms with Crippen LogP contribution in [-0.4, -0.2) is 43.6 Å². The first-order chi connectivity index (χ1) is 9.53. The quantitative estimate of drug-likeness (QED) is 0.810. The molecule has 0 saturated carbocycles. The highest BCUT2D eigenvalue weighted by Crippen LogP contribution is 2.25. The SMILES string of the molecule is CSC[C@H]1CCN(S(=O)(=O)C[C@@H](C)c2ccccc2)C1. The largest absolute Gasteiger partial charge is 0.214 e. The van der Waals surface area contributed by atoms with Crippen molar-refractivity contribution in [1.29, 1.82) is 0 Å². The van der Waals surface area contributed by atoms with Crippen LogP contribution in [0.2, 0.25) is 0 Å². The number of nitrogens with zero attached hydrogens (tertiary/aromatic N) is 1. The van der Waals surface area contributed by atoms with Crippen LogP contribution in [0.1, 0.15) is 24.8 Å². The van der Waals surface area contributed by atoms with E-state index in [1.165, 1.54) is 0 Å². The predicted molar refractivity (Wildman–Crippen MR) is 86.7 cm³/mol. The van der Waals surface area contributed by atoms with Crippen molar-refractivity contribution in [3.8, 4) is 0 Å². The van der Waals surface area contributed by atoms with E-state index in [9.17, 15) is 8.42 Å². The number of hydrogen-bond donors (Lipinski definition) is 0. The first-order valence-corrected chi connectivity index (χ1v) is 10.0. The molecule has 3 nitrogen and oxygen atoms in total. The molecule has 0 bridgehead atoms. The summed E-state index contributed by atoms with van der Waals surface area (Å²) >= 11 is 1.80. The molecule has 1 aliphatic heterocycles. The first-order valence-electron chi connectivity index (χ1n) is 7.04. The zero-order valence-corrected chi connectivity index (χ0v) is 13.8. The summed E-state index contributed by atoms with van der Waals surface area (Å²) in [5, 5.41) is 0. The molecule has 2 atom stereocenters. The summed E-state index contributed by atoms with van der Waals surface area (Å²) in [6.07, 6.45) is 3.08. The number of thioether (sulfide) groups is 1. The van der Waals surface area contributed by atoms with Crippen LogP contribution in [0.4, 0.5) is 0 Å². The van der Waals surface area contributed by atoms with Crippen LogP contribution in [0.15, 0.2) is 30.3 Å². The Bertz CT molecular complexity index is 516. The Hall–Kier alpha value is -0.520. The van der Waals surface area contributed by atoms with Gasteiger partial charge in [-0.2, -0.15) is 11.8 Å². The molecule has 112 valence electrons. The molecule has 1 aliphatic rings. The normalized spacial score (nSPS) is 22.0. The van der Waals surface area contributed by atoms with Crippen LogP contribution in [0.3, 0.4) is 0 Å². The molecular formula is C15H23NO2S2. The molecule has 2 rings (SSSR count). The van der Waals surface area contributed by atoms with Gasteiger partial charge in [0.25, 0.3) is 0 Å². The van der Waals surface area contributed by atoms with Crippen LogP contribution in [0.25, 0.3) is 0 Å². The number of benzene rings is 1. The number of hydrogen-bond acceptors (Lipinski definition) is 3. The van der Waals surface area contributed by atoms with Crippen LogP contribution in [-0.2, 0) is 10.0 Å². The summed E-state index contributed by atoms with van der Waals surface area (Å²) in [6, 6.07) is 9.88. The Balaban J connectivity index is 1.98. The van der Waals surface area contributed by atoms with Gasteiger partial charge in [0, 0.05) is 13.1 Å². The third kappa shape index (κ3) is 3.99. The minimum atomic E-state index is -3.13. The van der Waals surface area contributed by atoms with E-state index in [0.29, 0.717) is 19.0 Å². The minimum Gasteiger partial charge on any atom is -0.212 e. The highest BCUT2D eigenvalue weighted by atomic mass is 32.2. The second kappa shape index (κ2) is 6.96. The standard InChI is InChI=1S/C15H23NO2S2/c1-13(15-6-4-3-5-7-15)12-20(17,18)16-9-8-14(10-16)11-19-2/h3-7,13-14H,8-12H2,1-2H3/t13-,14+/m1/s1. The summed E-state index contributed by atoms with van der Waals surface area (Å²) in [6.45, 7) is 3.38. The van der Waals surface area contributed by atoms with Gasteiger partial charge >= 0.3 is 0 Å². The van der Waals surface area contributed by atoms with E-state index >= 15 is 0 Å². The van der Waals surface area contributed by atoms with Crippen LogP contribution < -0.4 is 0 Å². The average Bonchev–Trinajstić information content (AvgIpc) is 2.89. The van der Waals surface area contributed by atoms with Gasteiger partial charge in [0.15, 0.2) is 0 Å². The van der Waals surface area contributed by atoms with Gasteiger partial charge in [-0.15, -0.1) is 0 Å². The summed E-state index contributed by atoms with van der Waals surface area (Å²) in [5.74, 6) is 1.83. The van der Waals surface area contributed by atoms with Gasteiger partial charge in [0.05, 0.1) is 5.75 Å². The maximum Gasteiger partial charge on any atom is 0.214 e. The summed E-state index contributed by atoms with van der Waals surface area (Å²) < 4.78 is 26.7. The Labute approximate surface area is 126 Å². The molecule has 0 spiro atoms. The molecule has 0 amide bonds. The topological polar surface area (TPSA) is 37.4 Å². The van der Waals surface area contributed by atoms with E-state index in [4.69, 9.17) is 0 Å². The lowest BCUT2D eigenvalue weighted by molar-refractivity contribution is 0.462. The summed E-state index contributed by atoms with van der Waals surface area (Å²) in [5.41, 5.74) is 1.09. The predicted octanol–water partition coefficient (Wildman–Crippen LogP) is 2.80. The van der Waals surface area contributed by atoms with E-state index in [2.05, 4.69) is 6.26 Å². The Morgan fingerprint density at radius 1 is 1.35 bits per heavy atom. The molecule has 1 aromatic carbocycles. The lowest BCUT2D eigenvalue weighted by Crippen LogP contribution is -2.32. The molecule has 0 N–H and O–H groups in total. The van der Waals surface area contributed by atoms with Gasteiger partial charge in [-0.05, 0) is 35.8 Å². The molecule has 20 heavy (non-hydrogen) atoms. The first kappa shape index (κ1) is 15.9. The van der Waals surface area contributed by atoms with E-state index in [1.54, 1.807) is 16.1 Å². The van der Waals surface area contributed by atoms with Crippen molar-refractivity contribution in [1.82, 2.24) is 4.31 Å². The maximum absolute atomic E-state index is 12.5. The lowest BCUT2D eigenvalue weighted by atomic mass is 10.0. The van der Waals surface area contributed by atoms with Gasteiger partial charge in [-0.25, -0.2) is 12.7 Å². The van der Waals surface area contributed by atoms with Crippen LogP contribution in [0.5, 0.6) is 0 Å². The molecule has 0 radical (unpaired) electrons. The molecule has 1 heterocycles. The van der Waals surface area contributed by atoms with Crippen molar-refractivity contribution in [2.75, 3.05) is 30.9 Å². The summed E-state index contributed by atoms with van der Waals surface area (Å²) in [4.78, 5) is 0. The Morgan fingerprint density at radius 2 is 2.05 bits per heavy atom. The fraction of sp³-hybridized carbons (Fsp3) is 0.600. The monoisotopic (exact) mass is 313 g/mol. The second-order valence-electron chi connectivity index (χ2n) is 5.56. The molecule has 1 fully saturated rings. The van der Waals surface area contributed by atoms with Crippen molar-refractivity contribution in [3.05, 3.63) is 35.9 Å². The lowest BCUT2D eigenvalue weighted by Gasteiger charge is -2.19. The van der Waals surface area contributed by atoms with E-state index in [1.807, 2.05) is 37.3 Å². The van der Waals surface area contributed by atoms with Crippen molar-refractivity contribution in [2.24, 2.45) is 5.92 Å². The third-order valence-electron chi connectivity index (χ3n) is 3.87. The average molecular weight is 313 g/mol. The zero-order valence-electron chi connectivity index (χ0n) is 12.2. The van der Waals surface area contributed by atoms with Gasteiger partial charge in [0.1, 0.15) is 0 Å². The molecular weight excluding hydrogens is 290 g/mol. The maximum atomic E-state index is 12.5. The van der Waals surface area contributed by atoms with Gasteiger partial charge in [-0.3, -0.25) is 0 Å². The van der Waals surface area contributed by atoms with E-state index in [0.717, 1.165) is 17.7 Å². The highest BCUT2D eigenvalue weighted by molar-refractivity contribution is 7.98. The van der Waals surface area contributed by atoms with E-state index in [-0.39, 0.29) is 11.7 Å². The molecule has 1 aromatic rings. The fourth-order valence-electron chi connectivity index (χ4n) is 2.72. The van der Waals surface area contributed by atoms with E-state index < -0.39 is 10.0 Å². The third-order valence-corrected chi connectivity index (χ3v) is 6.72. The fourth-order valence-corrected chi connectivity index (χ4v) is 5.32. The minimum absolute atomic E-state index is 0.0424. The molecule has 1 saturated heterocycles. The molecule has 0 aromatic heterocycles. The Morgan fingerprint density at radius 3 is 2.70 bits per heavy atom.